The predicted octanol–water partition coefficient (Wildman–Crippen LogP) is 4.37. The van der Waals surface area contributed by atoms with E-state index in [0.29, 0.717) is 13.1 Å². The lowest BCUT2D eigenvalue weighted by Crippen LogP contribution is -2.45. The Morgan fingerprint density at radius 3 is 2.50 bits per heavy atom. The van der Waals surface area contributed by atoms with Crippen LogP contribution in [0, 0.1) is 5.82 Å². The molecule has 4 rings (SSSR count). The van der Waals surface area contributed by atoms with Gasteiger partial charge in [0.15, 0.2) is 0 Å². The average Bonchev–Trinajstić information content (AvgIpc) is 3.10. The summed E-state index contributed by atoms with van der Waals surface area (Å²) in [4.78, 5) is 7.12. The van der Waals surface area contributed by atoms with E-state index in [1.165, 1.54) is 17.7 Å². The highest BCUT2D eigenvalue weighted by Crippen LogP contribution is 2.33. The van der Waals surface area contributed by atoms with Crippen LogP contribution in [0.3, 0.4) is 0 Å². The van der Waals surface area contributed by atoms with Crippen molar-refractivity contribution in [1.82, 2.24) is 14.5 Å². The number of hydrogen-bond acceptors (Lipinski definition) is 4. The highest BCUT2D eigenvalue weighted by molar-refractivity contribution is 5.73. The van der Waals surface area contributed by atoms with Crippen LogP contribution in [-0.2, 0) is 19.6 Å². The van der Waals surface area contributed by atoms with Crippen molar-refractivity contribution in [3.8, 4) is 11.3 Å². The van der Waals surface area contributed by atoms with E-state index in [1.807, 2.05) is 32.0 Å². The smallest absolute Gasteiger partial charge is 0.134 e. The van der Waals surface area contributed by atoms with Crippen molar-refractivity contribution in [3.63, 3.8) is 0 Å². The number of nitrogens with zero attached hydrogens (tertiary/aromatic N) is 3. The lowest BCUT2D eigenvalue weighted by molar-refractivity contribution is 0.243. The van der Waals surface area contributed by atoms with Crippen molar-refractivity contribution < 1.29 is 4.39 Å². The number of benzene rings is 2. The molecule has 5 nitrogen and oxygen atoms in total. The number of rotatable bonds is 6. The summed E-state index contributed by atoms with van der Waals surface area (Å²) in [6.07, 6.45) is 0. The summed E-state index contributed by atoms with van der Waals surface area (Å²) in [6.45, 7) is 11.0. The van der Waals surface area contributed by atoms with Crippen LogP contribution in [0.25, 0.3) is 11.3 Å². The number of halogens is 1. The first-order chi connectivity index (χ1) is 14.3. The number of fused-ring (bicyclic) bond motifs is 1. The summed E-state index contributed by atoms with van der Waals surface area (Å²) in [6, 6.07) is 16.7. The minimum absolute atomic E-state index is 0.255. The second-order valence-electron chi connectivity index (χ2n) is 8.31. The molecule has 1 aliphatic heterocycles. The first kappa shape index (κ1) is 20.2. The lowest BCUT2D eigenvalue weighted by Gasteiger charge is -2.37. The van der Waals surface area contributed by atoms with Gasteiger partial charge in [-0.05, 0) is 43.7 Å². The maximum absolute atomic E-state index is 13.5. The minimum Gasteiger partial charge on any atom is -0.366 e. The molecule has 0 saturated heterocycles. The number of hydrogen-bond donors (Lipinski definition) is 2. The molecule has 0 fully saturated rings. The molecule has 0 amide bonds. The Labute approximate surface area is 177 Å². The molecule has 30 heavy (non-hydrogen) atoms. The summed E-state index contributed by atoms with van der Waals surface area (Å²) in [5.74, 6) is 1.65. The van der Waals surface area contributed by atoms with E-state index in [4.69, 9.17) is 10.7 Å². The van der Waals surface area contributed by atoms with Crippen molar-refractivity contribution in [3.05, 3.63) is 84.1 Å². The topological polar surface area (TPSA) is 59.1 Å². The Balaban J connectivity index is 1.68. The molecule has 0 aliphatic carbocycles. The molecule has 1 aromatic heterocycles. The third kappa shape index (κ3) is 4.09. The molecule has 1 aliphatic rings. The summed E-state index contributed by atoms with van der Waals surface area (Å²) in [5, 5.41) is 3.57. The van der Waals surface area contributed by atoms with Gasteiger partial charge in [0, 0.05) is 36.4 Å². The Kier molecular flexibility index (Phi) is 5.35. The van der Waals surface area contributed by atoms with Gasteiger partial charge in [0.25, 0.3) is 0 Å². The monoisotopic (exact) mass is 405 g/mol. The van der Waals surface area contributed by atoms with E-state index in [1.54, 1.807) is 12.1 Å². The lowest BCUT2D eigenvalue weighted by atomic mass is 10.0. The number of anilines is 1. The molecule has 0 atom stereocenters. The van der Waals surface area contributed by atoms with Gasteiger partial charge < -0.3 is 20.5 Å². The van der Waals surface area contributed by atoms with Gasteiger partial charge in [0.1, 0.15) is 23.2 Å². The van der Waals surface area contributed by atoms with Crippen LogP contribution in [0.1, 0.15) is 25.2 Å². The predicted molar refractivity (Wildman–Crippen MR) is 119 cm³/mol. The highest BCUT2D eigenvalue weighted by Gasteiger charge is 2.28. The van der Waals surface area contributed by atoms with E-state index in [9.17, 15) is 4.39 Å². The number of aromatic nitrogens is 2. The highest BCUT2D eigenvalue weighted by atomic mass is 19.1. The summed E-state index contributed by atoms with van der Waals surface area (Å²) >= 11 is 0. The minimum atomic E-state index is -0.483. The molecular formula is C24H28FN5. The maximum atomic E-state index is 13.5. The summed E-state index contributed by atoms with van der Waals surface area (Å²) < 4.78 is 15.7. The molecule has 0 saturated carbocycles. The molecule has 6 heteroatoms. The van der Waals surface area contributed by atoms with Gasteiger partial charge in [-0.25, -0.2) is 9.37 Å². The number of imidazole rings is 1. The van der Waals surface area contributed by atoms with E-state index >= 15 is 0 Å². The van der Waals surface area contributed by atoms with Gasteiger partial charge in [0.2, 0.25) is 0 Å². The van der Waals surface area contributed by atoms with Crippen molar-refractivity contribution >= 4 is 5.82 Å². The van der Waals surface area contributed by atoms with Crippen LogP contribution in [0.4, 0.5) is 10.2 Å². The first-order valence-electron chi connectivity index (χ1n) is 10.2. The fraction of sp³-hybridized carbons (Fsp3) is 0.292. The Hall–Kier alpha value is -3.12. The van der Waals surface area contributed by atoms with Crippen LogP contribution in [0.15, 0.2) is 66.9 Å². The van der Waals surface area contributed by atoms with Crippen molar-refractivity contribution in [2.45, 2.75) is 39.0 Å². The second-order valence-corrected chi connectivity index (χ2v) is 8.31. The fourth-order valence-corrected chi connectivity index (χ4v) is 3.74. The van der Waals surface area contributed by atoms with Crippen molar-refractivity contribution in [1.29, 1.82) is 0 Å². The van der Waals surface area contributed by atoms with Crippen LogP contribution >= 0.6 is 0 Å². The Morgan fingerprint density at radius 2 is 1.83 bits per heavy atom. The summed E-state index contributed by atoms with van der Waals surface area (Å²) in [7, 11) is 0. The second kappa shape index (κ2) is 7.95. The Bertz CT molecular complexity index is 1030. The molecule has 0 bridgehead atoms. The van der Waals surface area contributed by atoms with Crippen molar-refractivity contribution in [2.75, 3.05) is 11.9 Å². The maximum Gasteiger partial charge on any atom is 0.134 e. The molecule has 2 heterocycles. The zero-order valence-electron chi connectivity index (χ0n) is 17.5. The third-order valence-electron chi connectivity index (χ3n) is 5.52. The van der Waals surface area contributed by atoms with Gasteiger partial charge in [-0.2, -0.15) is 0 Å². The standard InChI is InChI=1S/C24H28FN5/c1-17(24(2,3)26)29-13-14-30-21(16-29)28-22(19-9-11-20(25)12-10-19)23(30)27-15-18-7-5-4-6-8-18/h4-12,27H,1,13-16,26H2,2-3H3. The zero-order valence-corrected chi connectivity index (χ0v) is 17.5. The van der Waals surface area contributed by atoms with Gasteiger partial charge in [0.05, 0.1) is 6.54 Å². The molecule has 156 valence electrons. The molecule has 3 aromatic rings. The SMILES string of the molecule is C=C(N1CCn2c(nc(-c3ccc(F)cc3)c2NCc2ccccc2)C1)C(C)(C)N. The van der Waals surface area contributed by atoms with E-state index in [0.717, 1.165) is 41.7 Å². The third-order valence-corrected chi connectivity index (χ3v) is 5.52. The van der Waals surface area contributed by atoms with Crippen molar-refractivity contribution in [2.24, 2.45) is 5.73 Å². The molecular weight excluding hydrogens is 377 g/mol. The molecule has 0 unspecified atom stereocenters. The van der Waals surface area contributed by atoms with Crippen LogP contribution < -0.4 is 11.1 Å². The van der Waals surface area contributed by atoms with Crippen LogP contribution in [0.2, 0.25) is 0 Å². The summed E-state index contributed by atoms with van der Waals surface area (Å²) in [5.41, 5.74) is 9.59. The average molecular weight is 406 g/mol. The zero-order chi connectivity index (χ0) is 21.3. The quantitative estimate of drug-likeness (QED) is 0.639. The van der Waals surface area contributed by atoms with Gasteiger partial charge in [-0.1, -0.05) is 36.9 Å². The van der Waals surface area contributed by atoms with E-state index in [2.05, 4.69) is 33.5 Å². The van der Waals surface area contributed by atoms with E-state index in [-0.39, 0.29) is 5.82 Å². The van der Waals surface area contributed by atoms with Gasteiger partial charge >= 0.3 is 0 Å². The molecule has 0 spiro atoms. The normalized spacial score (nSPS) is 13.8. The molecule has 0 radical (unpaired) electrons. The largest absolute Gasteiger partial charge is 0.366 e. The van der Waals surface area contributed by atoms with Gasteiger partial charge in [-0.15, -0.1) is 0 Å². The van der Waals surface area contributed by atoms with Crippen LogP contribution in [-0.4, -0.2) is 26.5 Å². The van der Waals surface area contributed by atoms with Crippen LogP contribution in [0.5, 0.6) is 0 Å². The number of nitrogens with one attached hydrogen (secondary N) is 1. The fourth-order valence-electron chi connectivity index (χ4n) is 3.74. The Morgan fingerprint density at radius 1 is 1.13 bits per heavy atom. The first-order valence-corrected chi connectivity index (χ1v) is 10.2. The number of nitrogens with two attached hydrogens (primary N) is 1. The van der Waals surface area contributed by atoms with Gasteiger partial charge in [-0.3, -0.25) is 0 Å². The van der Waals surface area contributed by atoms with E-state index < -0.39 is 5.54 Å². The molecule has 3 N–H and O–H groups in total. The molecule has 2 aromatic carbocycles.